The van der Waals surface area contributed by atoms with Crippen LogP contribution in [-0.4, -0.2) is 24.2 Å². The summed E-state index contributed by atoms with van der Waals surface area (Å²) in [6.07, 6.45) is -1.35. The lowest BCUT2D eigenvalue weighted by Crippen LogP contribution is -2.10. The van der Waals surface area contributed by atoms with Gasteiger partial charge in [-0.25, -0.2) is 4.79 Å². The fraction of sp³-hybridized carbons (Fsp3) is 0.125. The Labute approximate surface area is 96.6 Å². The van der Waals surface area contributed by atoms with E-state index in [1.807, 2.05) is 5.32 Å². The van der Waals surface area contributed by atoms with Crippen LogP contribution in [0.4, 0.5) is 10.5 Å². The Bertz CT molecular complexity index is 540. The lowest BCUT2D eigenvalue weighted by Gasteiger charge is -2.08. The van der Waals surface area contributed by atoms with E-state index in [0.29, 0.717) is 5.56 Å². The van der Waals surface area contributed by atoms with Crippen molar-refractivity contribution in [3.63, 3.8) is 0 Å². The van der Waals surface area contributed by atoms with E-state index in [-0.39, 0.29) is 10.7 Å². The van der Waals surface area contributed by atoms with Crippen LogP contribution in [-0.2, 0) is 10.1 Å². The molecule has 0 fully saturated rings. The average molecular weight is 266 g/mol. The van der Waals surface area contributed by atoms with Crippen LogP contribution in [0.15, 0.2) is 17.0 Å². The molecule has 0 saturated carbocycles. The van der Waals surface area contributed by atoms with E-state index >= 15 is 0 Å². The molecule has 1 aromatic carbocycles. The van der Waals surface area contributed by atoms with Gasteiger partial charge in [0.2, 0.25) is 0 Å². The molecule has 88 valence electrons. The van der Waals surface area contributed by atoms with Crippen molar-refractivity contribution in [2.75, 3.05) is 5.32 Å². The molecule has 1 rings (SSSR count). The number of carbonyl (C=O) groups is 1. The maximum Gasteiger partial charge on any atom is 0.409 e. The van der Waals surface area contributed by atoms with Gasteiger partial charge in [-0.2, -0.15) is 8.42 Å². The number of carboxylic acid groups (broad SMARTS) is 1. The summed E-state index contributed by atoms with van der Waals surface area (Å²) in [6.45, 7) is 1.52. The van der Waals surface area contributed by atoms with Crippen LogP contribution in [0.2, 0.25) is 5.02 Å². The second-order valence-electron chi connectivity index (χ2n) is 2.98. The maximum absolute atomic E-state index is 10.9. The molecule has 0 aliphatic heterocycles. The largest absolute Gasteiger partial charge is 0.465 e. The molecule has 0 bridgehead atoms. The number of halogens is 1. The molecular formula is C8H8ClNO5S. The molecule has 0 aliphatic rings. The lowest BCUT2D eigenvalue weighted by atomic mass is 10.2. The Morgan fingerprint density at radius 1 is 1.44 bits per heavy atom. The molecule has 0 heterocycles. The third-order valence-electron chi connectivity index (χ3n) is 1.86. The summed E-state index contributed by atoms with van der Waals surface area (Å²) in [4.78, 5) is 9.96. The molecule has 1 amide bonds. The van der Waals surface area contributed by atoms with Gasteiger partial charge in [0.25, 0.3) is 10.1 Å². The smallest absolute Gasteiger partial charge is 0.409 e. The molecule has 16 heavy (non-hydrogen) atoms. The minimum atomic E-state index is -4.42. The summed E-state index contributed by atoms with van der Waals surface area (Å²) in [5.74, 6) is 0. The molecule has 6 nitrogen and oxygen atoms in total. The number of anilines is 1. The van der Waals surface area contributed by atoms with Crippen molar-refractivity contribution in [1.29, 1.82) is 0 Å². The molecule has 0 radical (unpaired) electrons. The first-order valence-corrected chi connectivity index (χ1v) is 5.81. The summed E-state index contributed by atoms with van der Waals surface area (Å²) in [5.41, 5.74) is 0.379. The molecule has 3 N–H and O–H groups in total. The van der Waals surface area contributed by atoms with Gasteiger partial charge in [-0.3, -0.25) is 9.87 Å². The van der Waals surface area contributed by atoms with Gasteiger partial charge < -0.3 is 5.11 Å². The van der Waals surface area contributed by atoms with Crippen molar-refractivity contribution in [2.45, 2.75) is 11.8 Å². The van der Waals surface area contributed by atoms with Crippen LogP contribution >= 0.6 is 11.6 Å². The van der Waals surface area contributed by atoms with Crippen LogP contribution in [0.5, 0.6) is 0 Å². The standard InChI is InChI=1S/C8H8ClNO5S/c1-4-6(9)2-5(16(13,14)15)3-7(4)10-8(11)12/h2-3,10H,1H3,(H,11,12)(H,13,14,15). The van der Waals surface area contributed by atoms with Crippen molar-refractivity contribution in [3.8, 4) is 0 Å². The van der Waals surface area contributed by atoms with Crippen LogP contribution in [0.3, 0.4) is 0 Å². The van der Waals surface area contributed by atoms with Crippen LogP contribution in [0.25, 0.3) is 0 Å². The number of benzene rings is 1. The first-order chi connectivity index (χ1) is 7.21. The first kappa shape index (κ1) is 12.8. The van der Waals surface area contributed by atoms with Crippen LogP contribution in [0.1, 0.15) is 5.56 Å². The van der Waals surface area contributed by atoms with E-state index < -0.39 is 21.1 Å². The number of nitrogens with one attached hydrogen (secondary N) is 1. The predicted octanol–water partition coefficient (Wildman–Crippen LogP) is 1.99. The Morgan fingerprint density at radius 3 is 2.44 bits per heavy atom. The average Bonchev–Trinajstić information content (AvgIpc) is 2.10. The van der Waals surface area contributed by atoms with E-state index in [0.717, 1.165) is 12.1 Å². The van der Waals surface area contributed by atoms with E-state index in [2.05, 4.69) is 0 Å². The summed E-state index contributed by atoms with van der Waals surface area (Å²) in [7, 11) is -4.42. The zero-order valence-corrected chi connectivity index (χ0v) is 9.63. The van der Waals surface area contributed by atoms with Crippen molar-refractivity contribution in [2.24, 2.45) is 0 Å². The highest BCUT2D eigenvalue weighted by atomic mass is 35.5. The van der Waals surface area contributed by atoms with Gasteiger partial charge in [-0.15, -0.1) is 0 Å². The number of amides is 1. The molecule has 1 aromatic rings. The fourth-order valence-electron chi connectivity index (χ4n) is 1.05. The van der Waals surface area contributed by atoms with Gasteiger partial charge >= 0.3 is 6.09 Å². The normalized spacial score (nSPS) is 11.2. The van der Waals surface area contributed by atoms with Crippen molar-refractivity contribution in [1.82, 2.24) is 0 Å². The second-order valence-corrected chi connectivity index (χ2v) is 4.81. The fourth-order valence-corrected chi connectivity index (χ4v) is 1.87. The Balaban J connectivity index is 3.39. The van der Waals surface area contributed by atoms with E-state index in [1.54, 1.807) is 0 Å². The molecule has 0 saturated heterocycles. The van der Waals surface area contributed by atoms with Gasteiger partial charge in [-0.1, -0.05) is 11.6 Å². The summed E-state index contributed by atoms with van der Waals surface area (Å²) in [5, 5.41) is 10.5. The van der Waals surface area contributed by atoms with Crippen molar-refractivity contribution < 1.29 is 22.9 Å². The maximum atomic E-state index is 10.9. The third kappa shape index (κ3) is 2.84. The molecule has 0 aromatic heterocycles. The van der Waals surface area contributed by atoms with Crippen molar-refractivity contribution in [3.05, 3.63) is 22.7 Å². The van der Waals surface area contributed by atoms with Gasteiger partial charge in [0.15, 0.2) is 0 Å². The minimum absolute atomic E-state index is 0.00706. The molecular weight excluding hydrogens is 258 g/mol. The Morgan fingerprint density at radius 2 is 2.00 bits per heavy atom. The summed E-state index contributed by atoms with van der Waals surface area (Å²) in [6, 6.07) is 2.03. The number of hydrogen-bond donors (Lipinski definition) is 3. The molecule has 0 atom stereocenters. The molecule has 0 spiro atoms. The Kier molecular flexibility index (Phi) is 3.41. The highest BCUT2D eigenvalue weighted by molar-refractivity contribution is 7.85. The second kappa shape index (κ2) is 4.28. The van der Waals surface area contributed by atoms with E-state index in [1.165, 1.54) is 6.92 Å². The molecule has 0 unspecified atom stereocenters. The topological polar surface area (TPSA) is 104 Å². The van der Waals surface area contributed by atoms with E-state index in [9.17, 15) is 13.2 Å². The van der Waals surface area contributed by atoms with Gasteiger partial charge in [-0.05, 0) is 24.6 Å². The minimum Gasteiger partial charge on any atom is -0.465 e. The number of hydrogen-bond acceptors (Lipinski definition) is 3. The van der Waals surface area contributed by atoms with Crippen LogP contribution in [0, 0.1) is 6.92 Å². The monoisotopic (exact) mass is 265 g/mol. The predicted molar refractivity (Wildman–Crippen MR) is 57.7 cm³/mol. The Hall–Kier alpha value is -1.31. The molecule has 8 heteroatoms. The molecule has 0 aliphatic carbocycles. The summed E-state index contributed by atoms with van der Waals surface area (Å²) < 4.78 is 30.5. The number of rotatable bonds is 2. The zero-order chi connectivity index (χ0) is 12.5. The van der Waals surface area contributed by atoms with Crippen LogP contribution < -0.4 is 5.32 Å². The van der Waals surface area contributed by atoms with Crippen molar-refractivity contribution >= 4 is 33.5 Å². The highest BCUT2D eigenvalue weighted by Crippen LogP contribution is 2.27. The van der Waals surface area contributed by atoms with Gasteiger partial charge in [0.05, 0.1) is 4.90 Å². The highest BCUT2D eigenvalue weighted by Gasteiger charge is 2.15. The first-order valence-electron chi connectivity index (χ1n) is 3.99. The van der Waals surface area contributed by atoms with E-state index in [4.69, 9.17) is 21.3 Å². The third-order valence-corrected chi connectivity index (χ3v) is 3.08. The SMILES string of the molecule is Cc1c(Cl)cc(S(=O)(=O)O)cc1NC(=O)O. The quantitative estimate of drug-likeness (QED) is 0.710. The van der Waals surface area contributed by atoms with Gasteiger partial charge in [0, 0.05) is 10.7 Å². The van der Waals surface area contributed by atoms with Gasteiger partial charge in [0.1, 0.15) is 0 Å². The zero-order valence-electron chi connectivity index (χ0n) is 8.06. The lowest BCUT2D eigenvalue weighted by molar-refractivity contribution is 0.209. The summed E-state index contributed by atoms with van der Waals surface area (Å²) >= 11 is 5.70.